The summed E-state index contributed by atoms with van der Waals surface area (Å²) >= 11 is 0. The Morgan fingerprint density at radius 3 is 2.19 bits per heavy atom. The van der Waals surface area contributed by atoms with Crippen LogP contribution in [-0.4, -0.2) is 48.4 Å². The summed E-state index contributed by atoms with van der Waals surface area (Å²) in [6.07, 6.45) is 6.60. The lowest BCUT2D eigenvalue weighted by Crippen LogP contribution is -2.33. The fourth-order valence-corrected chi connectivity index (χ4v) is 3.15. The molecule has 0 aromatic heterocycles. The Kier molecular flexibility index (Phi) is 6.17. The van der Waals surface area contributed by atoms with Gasteiger partial charge in [-0.1, -0.05) is 18.6 Å². The summed E-state index contributed by atoms with van der Waals surface area (Å²) in [5.74, 6) is 1.71. The Labute approximate surface area is 156 Å². The number of hydrogen-bond donors (Lipinski definition) is 0. The Morgan fingerprint density at radius 2 is 1.65 bits per heavy atom. The van der Waals surface area contributed by atoms with Crippen LogP contribution in [0.3, 0.4) is 0 Å². The van der Waals surface area contributed by atoms with Crippen LogP contribution < -0.4 is 4.74 Å². The summed E-state index contributed by atoms with van der Waals surface area (Å²) in [4.78, 5) is 27.8. The second kappa shape index (κ2) is 8.56. The molecule has 0 saturated heterocycles. The van der Waals surface area contributed by atoms with E-state index in [0.29, 0.717) is 12.6 Å². The van der Waals surface area contributed by atoms with Crippen molar-refractivity contribution in [1.29, 1.82) is 0 Å². The van der Waals surface area contributed by atoms with Gasteiger partial charge in [-0.15, -0.1) is 0 Å². The van der Waals surface area contributed by atoms with Gasteiger partial charge in [0.2, 0.25) is 11.8 Å². The van der Waals surface area contributed by atoms with Crippen molar-refractivity contribution in [3.8, 4) is 5.75 Å². The van der Waals surface area contributed by atoms with Crippen LogP contribution >= 0.6 is 0 Å². The molecule has 5 heteroatoms. The van der Waals surface area contributed by atoms with Crippen molar-refractivity contribution in [2.45, 2.75) is 57.5 Å². The first-order valence-corrected chi connectivity index (χ1v) is 9.74. The highest BCUT2D eigenvalue weighted by Gasteiger charge is 2.32. The molecular formula is C21H30N2O3. The highest BCUT2D eigenvalue weighted by atomic mass is 16.5. The van der Waals surface area contributed by atoms with Crippen LogP contribution in [0, 0.1) is 5.92 Å². The van der Waals surface area contributed by atoms with Crippen molar-refractivity contribution in [2.24, 2.45) is 5.92 Å². The maximum atomic E-state index is 12.6. The molecule has 26 heavy (non-hydrogen) atoms. The van der Waals surface area contributed by atoms with Gasteiger partial charge in [-0.3, -0.25) is 9.59 Å². The van der Waals surface area contributed by atoms with Gasteiger partial charge in [-0.05, 0) is 49.3 Å². The Hall–Kier alpha value is -2.04. The van der Waals surface area contributed by atoms with Crippen molar-refractivity contribution in [2.75, 3.05) is 20.7 Å². The van der Waals surface area contributed by atoms with Gasteiger partial charge in [0.25, 0.3) is 0 Å². The molecular weight excluding hydrogens is 328 g/mol. The first-order valence-electron chi connectivity index (χ1n) is 9.74. The minimum absolute atomic E-state index is 0.00191. The van der Waals surface area contributed by atoms with Crippen LogP contribution in [0.5, 0.6) is 5.75 Å². The molecule has 5 nitrogen and oxygen atoms in total. The normalized spacial score (nSPS) is 16.7. The lowest BCUT2D eigenvalue weighted by Gasteiger charge is -2.25. The topological polar surface area (TPSA) is 49.9 Å². The van der Waals surface area contributed by atoms with Crippen LogP contribution in [0.4, 0.5) is 0 Å². The number of carbonyl (C=O) groups excluding carboxylic acids is 2. The molecule has 1 aromatic rings. The molecule has 2 aliphatic carbocycles. The van der Waals surface area contributed by atoms with E-state index >= 15 is 0 Å². The summed E-state index contributed by atoms with van der Waals surface area (Å²) in [6.45, 7) is 1.43. The summed E-state index contributed by atoms with van der Waals surface area (Å²) in [5, 5.41) is 0. The monoisotopic (exact) mass is 358 g/mol. The van der Waals surface area contributed by atoms with Crippen LogP contribution in [0.1, 0.15) is 50.5 Å². The molecule has 2 aliphatic rings. The second-order valence-corrected chi connectivity index (χ2v) is 7.79. The van der Waals surface area contributed by atoms with E-state index in [4.69, 9.17) is 4.74 Å². The third-order valence-electron chi connectivity index (χ3n) is 5.35. The van der Waals surface area contributed by atoms with E-state index < -0.39 is 0 Å². The summed E-state index contributed by atoms with van der Waals surface area (Å²) in [5.41, 5.74) is 1.11. The zero-order chi connectivity index (χ0) is 18.5. The average molecular weight is 358 g/mol. The number of ether oxygens (including phenoxy) is 1. The smallest absolute Gasteiger partial charge is 0.223 e. The fourth-order valence-electron chi connectivity index (χ4n) is 3.15. The quantitative estimate of drug-likeness (QED) is 0.681. The maximum absolute atomic E-state index is 12.6. The first-order chi connectivity index (χ1) is 12.5. The molecule has 0 unspecified atom stereocenters. The van der Waals surface area contributed by atoms with Crippen molar-refractivity contribution in [1.82, 2.24) is 9.80 Å². The van der Waals surface area contributed by atoms with Gasteiger partial charge in [-0.2, -0.15) is 0 Å². The predicted molar refractivity (Wildman–Crippen MR) is 101 cm³/mol. The van der Waals surface area contributed by atoms with Crippen molar-refractivity contribution >= 4 is 11.8 Å². The average Bonchev–Trinajstić information content (AvgIpc) is 3.41. The minimum atomic E-state index is 0.00191. The van der Waals surface area contributed by atoms with E-state index in [9.17, 15) is 9.59 Å². The third kappa shape index (κ3) is 5.23. The van der Waals surface area contributed by atoms with Crippen molar-refractivity contribution in [3.05, 3.63) is 29.8 Å². The van der Waals surface area contributed by atoms with E-state index in [0.717, 1.165) is 36.7 Å². The lowest BCUT2D eigenvalue weighted by atomic mass is 9.86. The van der Waals surface area contributed by atoms with Gasteiger partial charge in [0.15, 0.2) is 0 Å². The molecule has 142 valence electrons. The standard InChI is InChI=1S/C21H30N2O3/c1-22(2)20(24)12-13-21(25)23(18-8-9-18)14-16-6-10-19(11-7-16)26-15-17-4-3-5-17/h6-7,10-11,17-18H,3-5,8-9,12-15H2,1-2H3. The Bertz CT molecular complexity index is 619. The zero-order valence-corrected chi connectivity index (χ0v) is 15.9. The molecule has 0 bridgehead atoms. The molecule has 0 aliphatic heterocycles. The van der Waals surface area contributed by atoms with E-state index in [1.807, 2.05) is 29.2 Å². The molecule has 2 saturated carbocycles. The molecule has 1 aromatic carbocycles. The molecule has 2 fully saturated rings. The number of benzene rings is 1. The number of amides is 2. The Morgan fingerprint density at radius 1 is 1.00 bits per heavy atom. The van der Waals surface area contributed by atoms with Crippen LogP contribution in [0.15, 0.2) is 24.3 Å². The third-order valence-corrected chi connectivity index (χ3v) is 5.35. The van der Waals surface area contributed by atoms with Crippen LogP contribution in [0.25, 0.3) is 0 Å². The number of nitrogens with zero attached hydrogens (tertiary/aromatic N) is 2. The van der Waals surface area contributed by atoms with Gasteiger partial charge in [0.05, 0.1) is 6.61 Å². The summed E-state index contributed by atoms with van der Waals surface area (Å²) < 4.78 is 5.84. The molecule has 3 rings (SSSR count). The minimum Gasteiger partial charge on any atom is -0.493 e. The Balaban J connectivity index is 1.50. The lowest BCUT2D eigenvalue weighted by molar-refractivity contribution is -0.136. The van der Waals surface area contributed by atoms with Crippen LogP contribution in [-0.2, 0) is 16.1 Å². The summed E-state index contributed by atoms with van der Waals surface area (Å²) in [6, 6.07) is 8.43. The maximum Gasteiger partial charge on any atom is 0.223 e. The molecule has 0 radical (unpaired) electrons. The van der Waals surface area contributed by atoms with E-state index in [1.54, 1.807) is 14.1 Å². The van der Waals surface area contributed by atoms with Crippen molar-refractivity contribution < 1.29 is 14.3 Å². The van der Waals surface area contributed by atoms with E-state index in [-0.39, 0.29) is 24.7 Å². The zero-order valence-electron chi connectivity index (χ0n) is 15.9. The number of hydrogen-bond acceptors (Lipinski definition) is 3. The highest BCUT2D eigenvalue weighted by Crippen LogP contribution is 2.30. The molecule has 0 spiro atoms. The molecule has 0 heterocycles. The van der Waals surface area contributed by atoms with Crippen LogP contribution in [0.2, 0.25) is 0 Å². The van der Waals surface area contributed by atoms with Gasteiger partial charge >= 0.3 is 0 Å². The van der Waals surface area contributed by atoms with E-state index in [2.05, 4.69) is 0 Å². The number of carbonyl (C=O) groups is 2. The fraction of sp³-hybridized carbons (Fsp3) is 0.619. The largest absolute Gasteiger partial charge is 0.493 e. The predicted octanol–water partition coefficient (Wildman–Crippen LogP) is 3.22. The molecule has 0 atom stereocenters. The van der Waals surface area contributed by atoms with Gasteiger partial charge in [0.1, 0.15) is 5.75 Å². The molecule has 2 amide bonds. The van der Waals surface area contributed by atoms with Gasteiger partial charge < -0.3 is 14.5 Å². The molecule has 0 N–H and O–H groups in total. The van der Waals surface area contributed by atoms with Gasteiger partial charge in [-0.25, -0.2) is 0 Å². The van der Waals surface area contributed by atoms with Gasteiger partial charge in [0, 0.05) is 39.5 Å². The summed E-state index contributed by atoms with van der Waals surface area (Å²) in [7, 11) is 3.44. The SMILES string of the molecule is CN(C)C(=O)CCC(=O)N(Cc1ccc(OCC2CCC2)cc1)C1CC1. The number of rotatable bonds is 9. The first kappa shape index (κ1) is 18.7. The highest BCUT2D eigenvalue weighted by molar-refractivity contribution is 5.83. The van der Waals surface area contributed by atoms with E-state index in [1.165, 1.54) is 24.2 Å². The second-order valence-electron chi connectivity index (χ2n) is 7.79. The van der Waals surface area contributed by atoms with Crippen molar-refractivity contribution in [3.63, 3.8) is 0 Å².